The Balaban J connectivity index is 1.43. The Labute approximate surface area is 198 Å². The zero-order valence-electron chi connectivity index (χ0n) is 17.9. The van der Waals surface area contributed by atoms with Crippen LogP contribution in [-0.2, 0) is 4.79 Å². The molecule has 10 heteroatoms. The summed E-state index contributed by atoms with van der Waals surface area (Å²) in [6.07, 6.45) is 3.45. The normalized spacial score (nSPS) is 11.1. The fourth-order valence-corrected chi connectivity index (χ4v) is 4.67. The fraction of sp³-hybridized carbons (Fsp3) is 0.130. The quantitative estimate of drug-likeness (QED) is 0.358. The SMILES string of the molecule is Cc1ccc(-n2c(SCC(=O)Nc3cccc4nsnc34)nnc2-c2ccncc2)cc1C. The van der Waals surface area contributed by atoms with E-state index in [-0.39, 0.29) is 11.7 Å². The first kappa shape index (κ1) is 21.2. The number of carbonyl (C=O) groups excluding carboxylic acids is 1. The van der Waals surface area contributed by atoms with Crippen molar-refractivity contribution >= 4 is 46.1 Å². The molecule has 0 bridgehead atoms. The molecule has 8 nitrogen and oxygen atoms in total. The van der Waals surface area contributed by atoms with Crippen molar-refractivity contribution in [1.29, 1.82) is 0 Å². The van der Waals surface area contributed by atoms with Crippen molar-refractivity contribution in [3.05, 3.63) is 72.1 Å². The number of pyridine rings is 1. The number of hydrogen-bond acceptors (Lipinski definition) is 8. The van der Waals surface area contributed by atoms with Crippen molar-refractivity contribution in [2.75, 3.05) is 11.1 Å². The molecule has 0 fully saturated rings. The minimum atomic E-state index is -0.152. The summed E-state index contributed by atoms with van der Waals surface area (Å²) in [5.74, 6) is 0.718. The van der Waals surface area contributed by atoms with E-state index in [0.717, 1.165) is 28.5 Å². The Kier molecular flexibility index (Phi) is 5.84. The molecule has 33 heavy (non-hydrogen) atoms. The number of thioether (sulfide) groups is 1. The van der Waals surface area contributed by atoms with E-state index in [4.69, 9.17) is 0 Å². The Hall–Kier alpha value is -3.63. The summed E-state index contributed by atoms with van der Waals surface area (Å²) in [4.78, 5) is 16.8. The minimum Gasteiger partial charge on any atom is -0.323 e. The highest BCUT2D eigenvalue weighted by Crippen LogP contribution is 2.29. The van der Waals surface area contributed by atoms with E-state index in [9.17, 15) is 4.79 Å². The minimum absolute atomic E-state index is 0.152. The van der Waals surface area contributed by atoms with Gasteiger partial charge in [0.05, 0.1) is 28.9 Å². The maximum absolute atomic E-state index is 12.7. The molecule has 3 heterocycles. The van der Waals surface area contributed by atoms with Crippen LogP contribution in [-0.4, -0.2) is 40.2 Å². The summed E-state index contributed by atoms with van der Waals surface area (Å²) in [5.41, 5.74) is 6.32. The molecule has 0 radical (unpaired) electrons. The molecule has 0 aliphatic carbocycles. The van der Waals surface area contributed by atoms with Crippen LogP contribution in [0.4, 0.5) is 5.69 Å². The highest BCUT2D eigenvalue weighted by atomic mass is 32.2. The molecule has 0 saturated carbocycles. The van der Waals surface area contributed by atoms with E-state index in [2.05, 4.69) is 55.2 Å². The lowest BCUT2D eigenvalue weighted by molar-refractivity contribution is -0.113. The second-order valence-corrected chi connectivity index (χ2v) is 8.89. The topological polar surface area (TPSA) is 98.5 Å². The predicted molar refractivity (Wildman–Crippen MR) is 131 cm³/mol. The van der Waals surface area contributed by atoms with Gasteiger partial charge >= 0.3 is 0 Å². The van der Waals surface area contributed by atoms with Crippen molar-refractivity contribution in [3.63, 3.8) is 0 Å². The van der Waals surface area contributed by atoms with Crippen LogP contribution in [0.15, 0.2) is 66.1 Å². The Morgan fingerprint density at radius 2 is 1.88 bits per heavy atom. The second-order valence-electron chi connectivity index (χ2n) is 7.42. The number of nitrogens with one attached hydrogen (secondary N) is 1. The number of benzene rings is 2. The molecule has 5 aromatic rings. The predicted octanol–water partition coefficient (Wildman–Crippen LogP) is 4.68. The highest BCUT2D eigenvalue weighted by molar-refractivity contribution is 7.99. The number of anilines is 1. The number of fused-ring (bicyclic) bond motifs is 1. The van der Waals surface area contributed by atoms with Crippen LogP contribution < -0.4 is 5.32 Å². The summed E-state index contributed by atoms with van der Waals surface area (Å²) in [6.45, 7) is 4.15. The average Bonchev–Trinajstić information content (AvgIpc) is 3.48. The molecule has 5 rings (SSSR count). The number of rotatable bonds is 6. The molecule has 0 spiro atoms. The van der Waals surface area contributed by atoms with Crippen LogP contribution in [0.1, 0.15) is 11.1 Å². The van der Waals surface area contributed by atoms with Gasteiger partial charge in [0, 0.05) is 18.0 Å². The first-order valence-corrected chi connectivity index (χ1v) is 11.9. The largest absolute Gasteiger partial charge is 0.323 e. The molecule has 0 unspecified atom stereocenters. The molecule has 1 amide bonds. The molecule has 0 aliphatic heterocycles. The molecule has 164 valence electrons. The van der Waals surface area contributed by atoms with Gasteiger partial charge < -0.3 is 5.32 Å². The third-order valence-corrected chi connectivity index (χ3v) is 6.68. The standard InChI is InChI=1S/C23H19N7OS2/c1-14-6-7-17(12-15(14)2)30-22(16-8-10-24-11-9-16)26-27-23(30)32-13-20(31)25-18-4-3-5-19-21(18)29-33-28-19/h3-12H,13H2,1-2H3,(H,25,31). The zero-order valence-corrected chi connectivity index (χ0v) is 19.5. The van der Waals surface area contributed by atoms with E-state index in [0.29, 0.717) is 22.2 Å². The van der Waals surface area contributed by atoms with Gasteiger partial charge in [-0.25, -0.2) is 0 Å². The Morgan fingerprint density at radius 3 is 2.70 bits per heavy atom. The van der Waals surface area contributed by atoms with Gasteiger partial charge in [0.1, 0.15) is 11.0 Å². The summed E-state index contributed by atoms with van der Waals surface area (Å²) >= 11 is 2.45. The van der Waals surface area contributed by atoms with E-state index in [1.165, 1.54) is 22.9 Å². The molecule has 0 atom stereocenters. The molecular formula is C23H19N7OS2. The van der Waals surface area contributed by atoms with Crippen LogP contribution in [0, 0.1) is 13.8 Å². The van der Waals surface area contributed by atoms with Crippen molar-refractivity contribution in [2.24, 2.45) is 0 Å². The summed E-state index contributed by atoms with van der Waals surface area (Å²) < 4.78 is 10.5. The number of amides is 1. The van der Waals surface area contributed by atoms with E-state index >= 15 is 0 Å². The van der Waals surface area contributed by atoms with Crippen molar-refractivity contribution < 1.29 is 4.79 Å². The van der Waals surface area contributed by atoms with Gasteiger partial charge in [-0.05, 0) is 61.4 Å². The Bertz CT molecular complexity index is 1450. The third-order valence-electron chi connectivity index (χ3n) is 5.21. The molecule has 3 aromatic heterocycles. The molecule has 2 aromatic carbocycles. The first-order chi connectivity index (χ1) is 16.1. The summed E-state index contributed by atoms with van der Waals surface area (Å²) in [5, 5.41) is 12.4. The van der Waals surface area contributed by atoms with E-state index in [1.54, 1.807) is 12.4 Å². The number of nitrogens with zero attached hydrogens (tertiary/aromatic N) is 6. The maximum atomic E-state index is 12.7. The van der Waals surface area contributed by atoms with Gasteiger partial charge in [0.2, 0.25) is 5.91 Å². The van der Waals surface area contributed by atoms with Gasteiger partial charge in [0.25, 0.3) is 0 Å². The molecular weight excluding hydrogens is 454 g/mol. The van der Waals surface area contributed by atoms with Crippen LogP contribution >= 0.6 is 23.5 Å². The maximum Gasteiger partial charge on any atom is 0.234 e. The van der Waals surface area contributed by atoms with Crippen molar-refractivity contribution in [1.82, 2.24) is 28.5 Å². The second kappa shape index (κ2) is 9.08. The van der Waals surface area contributed by atoms with Gasteiger partial charge in [-0.3, -0.25) is 14.3 Å². The monoisotopic (exact) mass is 473 g/mol. The third kappa shape index (κ3) is 4.35. The average molecular weight is 474 g/mol. The number of carbonyl (C=O) groups is 1. The van der Waals surface area contributed by atoms with Gasteiger partial charge in [0.15, 0.2) is 11.0 Å². The number of aromatic nitrogens is 6. The number of hydrogen-bond donors (Lipinski definition) is 1. The van der Waals surface area contributed by atoms with Crippen LogP contribution in [0.5, 0.6) is 0 Å². The van der Waals surface area contributed by atoms with Crippen LogP contribution in [0.2, 0.25) is 0 Å². The Morgan fingerprint density at radius 1 is 1.03 bits per heavy atom. The lowest BCUT2D eigenvalue weighted by Gasteiger charge is -2.12. The fourth-order valence-electron chi connectivity index (χ4n) is 3.37. The van der Waals surface area contributed by atoms with E-state index < -0.39 is 0 Å². The summed E-state index contributed by atoms with van der Waals surface area (Å²) in [6, 6.07) is 15.5. The molecule has 0 saturated heterocycles. The molecule has 1 N–H and O–H groups in total. The van der Waals surface area contributed by atoms with Gasteiger partial charge in [-0.15, -0.1) is 10.2 Å². The highest BCUT2D eigenvalue weighted by Gasteiger charge is 2.18. The van der Waals surface area contributed by atoms with Gasteiger partial charge in [-0.2, -0.15) is 8.75 Å². The van der Waals surface area contributed by atoms with Crippen molar-refractivity contribution in [2.45, 2.75) is 19.0 Å². The van der Waals surface area contributed by atoms with Gasteiger partial charge in [-0.1, -0.05) is 23.9 Å². The van der Waals surface area contributed by atoms with Crippen LogP contribution in [0.3, 0.4) is 0 Å². The first-order valence-electron chi connectivity index (χ1n) is 10.2. The van der Waals surface area contributed by atoms with Crippen molar-refractivity contribution in [3.8, 4) is 17.1 Å². The van der Waals surface area contributed by atoms with Crippen LogP contribution in [0.25, 0.3) is 28.1 Å². The lowest BCUT2D eigenvalue weighted by Crippen LogP contribution is -2.15. The number of aryl methyl sites for hydroxylation is 2. The zero-order chi connectivity index (χ0) is 22.8. The molecule has 0 aliphatic rings. The smallest absolute Gasteiger partial charge is 0.234 e. The summed E-state index contributed by atoms with van der Waals surface area (Å²) in [7, 11) is 0. The van der Waals surface area contributed by atoms with E-state index in [1.807, 2.05) is 41.0 Å². The lowest BCUT2D eigenvalue weighted by atomic mass is 10.1.